The van der Waals surface area contributed by atoms with Gasteiger partial charge in [0.25, 0.3) is 5.91 Å². The van der Waals surface area contributed by atoms with E-state index >= 15 is 0 Å². The van der Waals surface area contributed by atoms with Gasteiger partial charge in [-0.2, -0.15) is 0 Å². The molecule has 2 aromatic carbocycles. The maximum atomic E-state index is 13.6. The summed E-state index contributed by atoms with van der Waals surface area (Å²) in [5.74, 6) is 0.00619. The molecule has 1 amide bonds. The molecule has 0 saturated carbocycles. The van der Waals surface area contributed by atoms with E-state index in [1.165, 1.54) is 12.3 Å². The molecular weight excluding hydrogens is 381 g/mol. The zero-order valence-electron chi connectivity index (χ0n) is 15.2. The summed E-state index contributed by atoms with van der Waals surface area (Å²) in [6.45, 7) is 0.307. The lowest BCUT2D eigenvalue weighted by Gasteiger charge is -2.12. The van der Waals surface area contributed by atoms with E-state index in [1.54, 1.807) is 55.6 Å². The minimum absolute atomic E-state index is 0.250. The summed E-state index contributed by atoms with van der Waals surface area (Å²) in [6.07, 6.45) is 1.93. The van der Waals surface area contributed by atoms with Gasteiger partial charge < -0.3 is 15.4 Å². The van der Waals surface area contributed by atoms with Crippen LogP contribution in [0.4, 0.5) is 15.8 Å². The average Bonchev–Trinajstić information content (AvgIpc) is 2.70. The second-order valence-electron chi connectivity index (χ2n) is 6.00. The normalized spacial score (nSPS) is 10.4. The van der Waals surface area contributed by atoms with Crippen molar-refractivity contribution in [2.45, 2.75) is 6.42 Å². The fourth-order valence-corrected chi connectivity index (χ4v) is 2.84. The molecule has 0 radical (unpaired) electrons. The molecule has 0 bridgehead atoms. The second kappa shape index (κ2) is 9.19. The van der Waals surface area contributed by atoms with Gasteiger partial charge in [0.15, 0.2) is 0 Å². The number of carbonyl (C=O) groups is 1. The van der Waals surface area contributed by atoms with Gasteiger partial charge in [0.1, 0.15) is 17.3 Å². The molecule has 5 nitrogen and oxygen atoms in total. The van der Waals surface area contributed by atoms with Gasteiger partial charge in [-0.25, -0.2) is 4.39 Å². The number of carbonyl (C=O) groups excluding carboxylic acids is 1. The van der Waals surface area contributed by atoms with Gasteiger partial charge in [0.05, 0.1) is 12.8 Å². The largest absolute Gasteiger partial charge is 0.495 e. The lowest BCUT2D eigenvalue weighted by Crippen LogP contribution is -2.26. The Kier molecular flexibility index (Phi) is 6.45. The number of halogens is 2. The number of anilines is 2. The average molecular weight is 400 g/mol. The standard InChI is InChI=1S/C21H19ClFN3O2/c1-28-20-7-6-15(22)12-18(20)26-16-9-11-24-19(13-16)21(27)25-10-8-14-4-2-3-5-17(14)23/h2-7,9,11-13H,8,10H2,1H3,(H,24,26)(H,25,27). The smallest absolute Gasteiger partial charge is 0.269 e. The molecule has 0 spiro atoms. The van der Waals surface area contributed by atoms with Crippen molar-refractivity contribution in [2.75, 3.05) is 19.0 Å². The third-order valence-corrected chi connectivity index (χ3v) is 4.31. The maximum Gasteiger partial charge on any atom is 0.269 e. The molecule has 2 N–H and O–H groups in total. The molecule has 0 fully saturated rings. The number of amides is 1. The van der Waals surface area contributed by atoms with Crippen molar-refractivity contribution in [1.82, 2.24) is 10.3 Å². The van der Waals surface area contributed by atoms with Gasteiger partial charge in [-0.3, -0.25) is 9.78 Å². The molecule has 3 aromatic rings. The summed E-state index contributed by atoms with van der Waals surface area (Å²) >= 11 is 6.04. The first-order valence-electron chi connectivity index (χ1n) is 8.65. The summed E-state index contributed by atoms with van der Waals surface area (Å²) < 4.78 is 18.9. The lowest BCUT2D eigenvalue weighted by molar-refractivity contribution is 0.0949. The highest BCUT2D eigenvalue weighted by Gasteiger charge is 2.10. The molecule has 28 heavy (non-hydrogen) atoms. The molecular formula is C21H19ClFN3O2. The van der Waals surface area contributed by atoms with E-state index in [2.05, 4.69) is 15.6 Å². The zero-order valence-corrected chi connectivity index (χ0v) is 16.0. The van der Waals surface area contributed by atoms with Crippen LogP contribution >= 0.6 is 11.6 Å². The lowest BCUT2D eigenvalue weighted by atomic mass is 10.1. The number of nitrogens with one attached hydrogen (secondary N) is 2. The van der Waals surface area contributed by atoms with Crippen LogP contribution in [0.25, 0.3) is 0 Å². The van der Waals surface area contributed by atoms with Gasteiger partial charge in [-0.05, 0) is 48.4 Å². The van der Waals surface area contributed by atoms with Crippen LogP contribution in [0.3, 0.4) is 0 Å². The van der Waals surface area contributed by atoms with Crippen molar-refractivity contribution in [3.05, 3.63) is 82.9 Å². The highest BCUT2D eigenvalue weighted by molar-refractivity contribution is 6.31. The first-order chi connectivity index (χ1) is 13.6. The van der Waals surface area contributed by atoms with Crippen LogP contribution in [0.5, 0.6) is 5.75 Å². The number of hydrogen-bond donors (Lipinski definition) is 2. The fraction of sp³-hybridized carbons (Fsp3) is 0.143. The van der Waals surface area contributed by atoms with Gasteiger partial charge in [-0.15, -0.1) is 0 Å². The first kappa shape index (κ1) is 19.6. The number of benzene rings is 2. The fourth-order valence-electron chi connectivity index (χ4n) is 2.67. The van der Waals surface area contributed by atoms with Gasteiger partial charge >= 0.3 is 0 Å². The van der Waals surface area contributed by atoms with E-state index in [0.717, 1.165) is 0 Å². The molecule has 0 saturated heterocycles. The Labute approximate surface area is 167 Å². The number of nitrogens with zero attached hydrogens (tertiary/aromatic N) is 1. The van der Waals surface area contributed by atoms with Crippen LogP contribution in [0, 0.1) is 5.82 Å². The van der Waals surface area contributed by atoms with E-state index < -0.39 is 0 Å². The van der Waals surface area contributed by atoms with Gasteiger partial charge in [-0.1, -0.05) is 29.8 Å². The Hall–Kier alpha value is -3.12. The minimum atomic E-state index is -0.335. The van der Waals surface area contributed by atoms with Crippen molar-refractivity contribution >= 4 is 28.9 Å². The Balaban J connectivity index is 1.65. The van der Waals surface area contributed by atoms with Crippen LogP contribution in [0.15, 0.2) is 60.8 Å². The third-order valence-electron chi connectivity index (χ3n) is 4.07. The molecule has 3 rings (SSSR count). The van der Waals surface area contributed by atoms with E-state index in [1.807, 2.05) is 0 Å². The quantitative estimate of drug-likeness (QED) is 0.609. The SMILES string of the molecule is COc1ccc(Cl)cc1Nc1ccnc(C(=O)NCCc2ccccc2F)c1. The van der Waals surface area contributed by atoms with E-state index in [9.17, 15) is 9.18 Å². The highest BCUT2D eigenvalue weighted by atomic mass is 35.5. The molecule has 144 valence electrons. The van der Waals surface area contributed by atoms with Crippen molar-refractivity contribution < 1.29 is 13.9 Å². The highest BCUT2D eigenvalue weighted by Crippen LogP contribution is 2.30. The number of ether oxygens (including phenoxy) is 1. The molecule has 7 heteroatoms. The summed E-state index contributed by atoms with van der Waals surface area (Å²) in [7, 11) is 1.56. The van der Waals surface area contributed by atoms with Crippen LogP contribution in [-0.4, -0.2) is 24.5 Å². The third kappa shape index (κ3) is 4.98. The van der Waals surface area contributed by atoms with Crippen molar-refractivity contribution in [1.29, 1.82) is 0 Å². The minimum Gasteiger partial charge on any atom is -0.495 e. The van der Waals surface area contributed by atoms with E-state index in [-0.39, 0.29) is 17.4 Å². The van der Waals surface area contributed by atoms with Crippen LogP contribution in [-0.2, 0) is 6.42 Å². The molecule has 0 aliphatic carbocycles. The Morgan fingerprint density at radius 2 is 2.00 bits per heavy atom. The van der Waals surface area contributed by atoms with Crippen molar-refractivity contribution in [3.8, 4) is 5.75 Å². The Morgan fingerprint density at radius 1 is 1.18 bits per heavy atom. The van der Waals surface area contributed by atoms with Crippen molar-refractivity contribution in [3.63, 3.8) is 0 Å². The number of rotatable bonds is 7. The number of methoxy groups -OCH3 is 1. The summed E-state index contributed by atoms with van der Waals surface area (Å²) in [6, 6.07) is 15.1. The topological polar surface area (TPSA) is 63.2 Å². The predicted molar refractivity (Wildman–Crippen MR) is 108 cm³/mol. The molecule has 0 aliphatic heterocycles. The summed E-state index contributed by atoms with van der Waals surface area (Å²) in [5, 5.41) is 6.48. The summed E-state index contributed by atoms with van der Waals surface area (Å²) in [4.78, 5) is 16.5. The maximum absolute atomic E-state index is 13.6. The van der Waals surface area contributed by atoms with E-state index in [4.69, 9.17) is 16.3 Å². The van der Waals surface area contributed by atoms with Crippen LogP contribution < -0.4 is 15.4 Å². The number of hydrogen-bond acceptors (Lipinski definition) is 4. The number of aromatic nitrogens is 1. The van der Waals surface area contributed by atoms with Crippen LogP contribution in [0.1, 0.15) is 16.1 Å². The van der Waals surface area contributed by atoms with Gasteiger partial charge in [0.2, 0.25) is 0 Å². The number of pyridine rings is 1. The van der Waals surface area contributed by atoms with Gasteiger partial charge in [0, 0.05) is 23.5 Å². The van der Waals surface area contributed by atoms with Crippen molar-refractivity contribution in [2.24, 2.45) is 0 Å². The molecule has 1 aromatic heterocycles. The predicted octanol–water partition coefficient (Wildman–Crippen LogP) is 4.60. The molecule has 0 atom stereocenters. The zero-order chi connectivity index (χ0) is 19.9. The second-order valence-corrected chi connectivity index (χ2v) is 6.43. The molecule has 0 aliphatic rings. The molecule has 0 unspecified atom stereocenters. The summed E-state index contributed by atoms with van der Waals surface area (Å²) in [5.41, 5.74) is 2.14. The molecule has 1 heterocycles. The van der Waals surface area contributed by atoms with Crippen LogP contribution in [0.2, 0.25) is 5.02 Å². The Morgan fingerprint density at radius 3 is 2.79 bits per heavy atom. The van der Waals surface area contributed by atoms with E-state index in [0.29, 0.717) is 40.7 Å². The Bertz CT molecular complexity index is 981. The monoisotopic (exact) mass is 399 g/mol. The first-order valence-corrected chi connectivity index (χ1v) is 9.03.